The van der Waals surface area contributed by atoms with E-state index in [-0.39, 0.29) is 0 Å². The molecule has 0 saturated carbocycles. The molecule has 0 saturated heterocycles. The Labute approximate surface area is 143 Å². The van der Waals surface area contributed by atoms with Crippen molar-refractivity contribution in [2.75, 3.05) is 13.1 Å². The van der Waals surface area contributed by atoms with E-state index < -0.39 is 0 Å². The molecule has 0 spiro atoms. The lowest BCUT2D eigenvalue weighted by atomic mass is 10.0. The van der Waals surface area contributed by atoms with Crippen LogP contribution >= 0.6 is 0 Å². The zero-order chi connectivity index (χ0) is 16.9. The van der Waals surface area contributed by atoms with E-state index in [1.165, 1.54) is 22.4 Å². The minimum Gasteiger partial charge on any atom is -0.297 e. The van der Waals surface area contributed by atoms with Crippen molar-refractivity contribution in [1.82, 2.24) is 24.5 Å². The fourth-order valence-electron chi connectivity index (χ4n) is 3.05. The highest BCUT2D eigenvalue weighted by atomic mass is 15.3. The summed E-state index contributed by atoms with van der Waals surface area (Å²) < 4.78 is 3.95. The van der Waals surface area contributed by atoms with Gasteiger partial charge >= 0.3 is 0 Å². The van der Waals surface area contributed by atoms with E-state index in [4.69, 9.17) is 0 Å². The number of rotatable bonds is 7. The molecule has 0 aliphatic heterocycles. The minimum absolute atomic E-state index is 0.906. The second-order valence-corrected chi connectivity index (χ2v) is 6.17. The van der Waals surface area contributed by atoms with Crippen molar-refractivity contribution in [2.24, 2.45) is 0 Å². The average Bonchev–Trinajstić information content (AvgIpc) is 3.26. The van der Waals surface area contributed by atoms with Crippen molar-refractivity contribution in [3.8, 4) is 5.69 Å². The molecule has 5 nitrogen and oxygen atoms in total. The summed E-state index contributed by atoms with van der Waals surface area (Å²) in [5.41, 5.74) is 5.10. The summed E-state index contributed by atoms with van der Waals surface area (Å²) in [4.78, 5) is 2.45. The van der Waals surface area contributed by atoms with E-state index in [2.05, 4.69) is 48.0 Å². The molecule has 0 fully saturated rings. The van der Waals surface area contributed by atoms with Crippen LogP contribution in [0.2, 0.25) is 0 Å². The Morgan fingerprint density at radius 2 is 1.83 bits per heavy atom. The summed E-state index contributed by atoms with van der Waals surface area (Å²) in [7, 11) is 0. The van der Waals surface area contributed by atoms with Gasteiger partial charge < -0.3 is 0 Å². The number of hydrogen-bond donors (Lipinski definition) is 0. The van der Waals surface area contributed by atoms with Crippen molar-refractivity contribution in [3.63, 3.8) is 0 Å². The van der Waals surface area contributed by atoms with Crippen molar-refractivity contribution in [2.45, 2.75) is 33.9 Å². The first kappa shape index (κ1) is 16.5. The molecule has 0 aliphatic carbocycles. The molecule has 0 aliphatic rings. The number of likely N-dealkylation sites (N-methyl/N-ethyl adjacent to an activating group) is 1. The molecule has 1 aromatic carbocycles. The molecule has 3 rings (SSSR count). The SMILES string of the molecule is CCN(CCn1cccn1)Cc1c(C)cc(C)cc1-n1cccn1. The molecule has 0 atom stereocenters. The van der Waals surface area contributed by atoms with E-state index in [1.54, 1.807) is 0 Å². The summed E-state index contributed by atoms with van der Waals surface area (Å²) >= 11 is 0. The van der Waals surface area contributed by atoms with Crippen LogP contribution in [0.15, 0.2) is 49.1 Å². The topological polar surface area (TPSA) is 38.9 Å². The molecule has 0 N–H and O–H groups in total. The van der Waals surface area contributed by atoms with Gasteiger partial charge in [-0.15, -0.1) is 0 Å². The summed E-state index contributed by atoms with van der Waals surface area (Å²) in [6.45, 7) is 10.3. The Hall–Kier alpha value is -2.40. The van der Waals surface area contributed by atoms with Crippen LogP contribution in [-0.4, -0.2) is 37.6 Å². The van der Waals surface area contributed by atoms with Crippen molar-refractivity contribution < 1.29 is 0 Å². The Morgan fingerprint density at radius 3 is 2.50 bits per heavy atom. The minimum atomic E-state index is 0.906. The zero-order valence-electron chi connectivity index (χ0n) is 14.7. The van der Waals surface area contributed by atoms with Crippen LogP contribution in [0.1, 0.15) is 23.6 Å². The molecular weight excluding hydrogens is 298 g/mol. The standard InChI is InChI=1S/C19H25N5/c1-4-22(11-12-23-9-5-7-20-23)15-18-17(3)13-16(2)14-19(18)24-10-6-8-21-24/h5-10,13-14H,4,11-12,15H2,1-3H3. The van der Waals surface area contributed by atoms with Gasteiger partial charge in [-0.3, -0.25) is 9.58 Å². The first-order valence-corrected chi connectivity index (χ1v) is 8.47. The molecule has 0 bridgehead atoms. The highest BCUT2D eigenvalue weighted by Gasteiger charge is 2.13. The lowest BCUT2D eigenvalue weighted by molar-refractivity contribution is 0.262. The second-order valence-electron chi connectivity index (χ2n) is 6.17. The number of nitrogens with zero attached hydrogens (tertiary/aromatic N) is 5. The number of aryl methyl sites for hydroxylation is 2. The van der Waals surface area contributed by atoms with Gasteiger partial charge in [0.2, 0.25) is 0 Å². The van der Waals surface area contributed by atoms with Crippen LogP contribution < -0.4 is 0 Å². The van der Waals surface area contributed by atoms with Gasteiger partial charge in [0.15, 0.2) is 0 Å². The van der Waals surface area contributed by atoms with Crippen LogP contribution in [0.25, 0.3) is 5.69 Å². The van der Waals surface area contributed by atoms with Gasteiger partial charge in [-0.2, -0.15) is 10.2 Å². The summed E-state index contributed by atoms with van der Waals surface area (Å²) in [6.07, 6.45) is 7.69. The maximum atomic E-state index is 4.43. The normalized spacial score (nSPS) is 11.3. The first-order chi connectivity index (χ1) is 11.7. The second kappa shape index (κ2) is 7.45. The highest BCUT2D eigenvalue weighted by molar-refractivity contribution is 5.48. The molecule has 5 heteroatoms. The monoisotopic (exact) mass is 323 g/mol. The first-order valence-electron chi connectivity index (χ1n) is 8.47. The summed E-state index contributed by atoms with van der Waals surface area (Å²) in [5.74, 6) is 0. The zero-order valence-corrected chi connectivity index (χ0v) is 14.7. The fraction of sp³-hybridized carbons (Fsp3) is 0.368. The van der Waals surface area contributed by atoms with Crippen LogP contribution in [0.5, 0.6) is 0 Å². The maximum absolute atomic E-state index is 4.43. The number of benzene rings is 1. The Kier molecular flexibility index (Phi) is 5.11. The molecule has 2 aromatic heterocycles. The number of hydrogen-bond acceptors (Lipinski definition) is 3. The molecule has 3 aromatic rings. The van der Waals surface area contributed by atoms with Gasteiger partial charge in [-0.1, -0.05) is 13.0 Å². The fourth-order valence-corrected chi connectivity index (χ4v) is 3.05. The Morgan fingerprint density at radius 1 is 1.04 bits per heavy atom. The van der Waals surface area contributed by atoms with Crippen LogP contribution in [0.3, 0.4) is 0 Å². The average molecular weight is 323 g/mol. The highest BCUT2D eigenvalue weighted by Crippen LogP contribution is 2.22. The van der Waals surface area contributed by atoms with Gasteiger partial charge in [0, 0.05) is 37.9 Å². The van der Waals surface area contributed by atoms with Crippen LogP contribution in [0.4, 0.5) is 0 Å². The quantitative estimate of drug-likeness (QED) is 0.670. The van der Waals surface area contributed by atoms with E-state index in [0.717, 1.165) is 26.2 Å². The molecule has 0 amide bonds. The third-order valence-electron chi connectivity index (χ3n) is 4.38. The number of aromatic nitrogens is 4. The third kappa shape index (κ3) is 3.74. The Balaban J connectivity index is 1.82. The predicted molar refractivity (Wildman–Crippen MR) is 96.2 cm³/mol. The van der Waals surface area contributed by atoms with Gasteiger partial charge in [0.1, 0.15) is 0 Å². The molecule has 2 heterocycles. The van der Waals surface area contributed by atoms with Crippen LogP contribution in [-0.2, 0) is 13.1 Å². The lowest BCUT2D eigenvalue weighted by Crippen LogP contribution is -2.28. The van der Waals surface area contributed by atoms with E-state index >= 15 is 0 Å². The molecule has 126 valence electrons. The molecule has 0 radical (unpaired) electrons. The maximum Gasteiger partial charge on any atom is 0.0695 e. The van der Waals surface area contributed by atoms with Crippen molar-refractivity contribution in [3.05, 3.63) is 65.7 Å². The largest absolute Gasteiger partial charge is 0.297 e. The van der Waals surface area contributed by atoms with Gasteiger partial charge in [-0.25, -0.2) is 4.68 Å². The third-order valence-corrected chi connectivity index (χ3v) is 4.38. The van der Waals surface area contributed by atoms with Crippen LogP contribution in [0, 0.1) is 13.8 Å². The van der Waals surface area contributed by atoms with Crippen molar-refractivity contribution in [1.29, 1.82) is 0 Å². The van der Waals surface area contributed by atoms with Gasteiger partial charge in [0.25, 0.3) is 0 Å². The van der Waals surface area contributed by atoms with E-state index in [1.807, 2.05) is 46.3 Å². The van der Waals surface area contributed by atoms with E-state index in [9.17, 15) is 0 Å². The summed E-state index contributed by atoms with van der Waals surface area (Å²) in [5, 5.41) is 8.73. The molecule has 0 unspecified atom stereocenters. The Bertz CT molecular complexity index is 759. The summed E-state index contributed by atoms with van der Waals surface area (Å²) in [6, 6.07) is 8.41. The lowest BCUT2D eigenvalue weighted by Gasteiger charge is -2.23. The molecule has 24 heavy (non-hydrogen) atoms. The van der Waals surface area contributed by atoms with Crippen molar-refractivity contribution >= 4 is 0 Å². The van der Waals surface area contributed by atoms with E-state index in [0.29, 0.717) is 0 Å². The van der Waals surface area contributed by atoms with Gasteiger partial charge in [0.05, 0.1) is 12.2 Å². The molecular formula is C19H25N5. The van der Waals surface area contributed by atoms with Gasteiger partial charge in [-0.05, 0) is 55.3 Å². The smallest absolute Gasteiger partial charge is 0.0695 e. The predicted octanol–water partition coefficient (Wildman–Crippen LogP) is 3.21.